The van der Waals surface area contributed by atoms with E-state index in [2.05, 4.69) is 37.5 Å². The van der Waals surface area contributed by atoms with E-state index in [1.54, 1.807) is 0 Å². The molecule has 128 valence electrons. The number of thiazole rings is 1. The average molecular weight is 354 g/mol. The predicted molar refractivity (Wildman–Crippen MR) is 99.6 cm³/mol. The van der Waals surface area contributed by atoms with E-state index in [4.69, 9.17) is 5.73 Å². The van der Waals surface area contributed by atoms with Crippen molar-refractivity contribution in [3.8, 4) is 11.3 Å². The Balaban J connectivity index is 1.84. The quantitative estimate of drug-likeness (QED) is 0.686. The van der Waals surface area contributed by atoms with Crippen LogP contribution in [0, 0.1) is 13.8 Å². The summed E-state index contributed by atoms with van der Waals surface area (Å²) in [5.41, 5.74) is 9.86. The zero-order valence-corrected chi connectivity index (χ0v) is 14.8. The van der Waals surface area contributed by atoms with E-state index in [1.807, 2.05) is 25.3 Å². The van der Waals surface area contributed by atoms with Crippen LogP contribution in [0.3, 0.4) is 0 Å². The van der Waals surface area contributed by atoms with E-state index in [1.165, 1.54) is 23.7 Å². The van der Waals surface area contributed by atoms with Crippen LogP contribution in [-0.2, 0) is 6.54 Å². The fourth-order valence-electron chi connectivity index (χ4n) is 2.61. The van der Waals surface area contributed by atoms with Crippen LogP contribution in [0.15, 0.2) is 36.5 Å². The molecule has 7 nitrogen and oxygen atoms in total. The Kier molecular flexibility index (Phi) is 4.62. The molecule has 0 saturated heterocycles. The number of nitrogens with two attached hydrogens (primary N) is 1. The minimum Gasteiger partial charge on any atom is -0.382 e. The minimum absolute atomic E-state index is 0.0865. The number of aryl methyl sites for hydroxylation is 1. The summed E-state index contributed by atoms with van der Waals surface area (Å²) in [5, 5.41) is 5.12. The lowest BCUT2D eigenvalue weighted by Gasteiger charge is -2.05. The Morgan fingerprint density at radius 2 is 2.16 bits per heavy atom. The molecule has 0 saturated carbocycles. The summed E-state index contributed by atoms with van der Waals surface area (Å²) >= 11 is 1.35. The molecule has 0 atom stereocenters. The highest BCUT2D eigenvalue weighted by Crippen LogP contribution is 2.30. The topological polar surface area (TPSA) is 98.7 Å². The van der Waals surface area contributed by atoms with Crippen LogP contribution >= 0.6 is 11.3 Å². The highest BCUT2D eigenvalue weighted by Gasteiger charge is 2.16. The molecule has 3 aromatic heterocycles. The standard InChI is InChI=1S/C17H18N6OS/c1-4-7-23-10(2)8-12(11(23)3)13-9-25-17(21-13)22-16(24)14-15(18)20-6-5-19-14/h4-6,8-9H,1,7H2,2-3H3,(H2,18,20)(H,21,22,24). The maximum Gasteiger partial charge on any atom is 0.279 e. The minimum atomic E-state index is -0.427. The summed E-state index contributed by atoms with van der Waals surface area (Å²) in [5.74, 6) is -0.339. The van der Waals surface area contributed by atoms with Gasteiger partial charge in [-0.3, -0.25) is 10.1 Å². The van der Waals surface area contributed by atoms with E-state index in [9.17, 15) is 4.79 Å². The lowest BCUT2D eigenvalue weighted by molar-refractivity contribution is 0.102. The zero-order valence-electron chi connectivity index (χ0n) is 14.0. The third kappa shape index (κ3) is 3.29. The van der Waals surface area contributed by atoms with Gasteiger partial charge in [-0.1, -0.05) is 6.08 Å². The molecule has 0 aliphatic rings. The molecule has 0 radical (unpaired) electrons. The maximum atomic E-state index is 12.2. The molecular weight excluding hydrogens is 336 g/mol. The van der Waals surface area contributed by atoms with Gasteiger partial charge in [0.25, 0.3) is 5.91 Å². The number of allylic oxidation sites excluding steroid dienone is 1. The number of rotatable bonds is 5. The Morgan fingerprint density at radius 1 is 1.40 bits per heavy atom. The van der Waals surface area contributed by atoms with Crippen LogP contribution in [0.5, 0.6) is 0 Å². The van der Waals surface area contributed by atoms with Gasteiger partial charge in [0, 0.05) is 41.3 Å². The first-order valence-electron chi connectivity index (χ1n) is 7.62. The second kappa shape index (κ2) is 6.86. The number of carbonyl (C=O) groups is 1. The van der Waals surface area contributed by atoms with Gasteiger partial charge in [-0.2, -0.15) is 0 Å². The fourth-order valence-corrected chi connectivity index (χ4v) is 3.31. The van der Waals surface area contributed by atoms with Crippen LogP contribution in [-0.4, -0.2) is 25.4 Å². The third-order valence-corrected chi connectivity index (χ3v) is 4.59. The largest absolute Gasteiger partial charge is 0.382 e. The van der Waals surface area contributed by atoms with E-state index in [0.29, 0.717) is 5.13 Å². The number of amides is 1. The second-order valence-electron chi connectivity index (χ2n) is 5.47. The predicted octanol–water partition coefficient (Wildman–Crippen LogP) is 3.04. The Morgan fingerprint density at radius 3 is 2.88 bits per heavy atom. The van der Waals surface area contributed by atoms with Gasteiger partial charge in [-0.25, -0.2) is 15.0 Å². The number of anilines is 2. The van der Waals surface area contributed by atoms with Gasteiger partial charge < -0.3 is 10.3 Å². The van der Waals surface area contributed by atoms with Crippen LogP contribution in [0.1, 0.15) is 21.9 Å². The van der Waals surface area contributed by atoms with Crippen molar-refractivity contribution in [2.75, 3.05) is 11.1 Å². The van der Waals surface area contributed by atoms with Crippen molar-refractivity contribution < 1.29 is 4.79 Å². The summed E-state index contributed by atoms with van der Waals surface area (Å²) < 4.78 is 2.17. The molecule has 3 heterocycles. The number of hydrogen-bond acceptors (Lipinski definition) is 6. The van der Waals surface area contributed by atoms with Crippen LogP contribution < -0.4 is 11.1 Å². The molecule has 0 spiro atoms. The summed E-state index contributed by atoms with van der Waals surface area (Å²) in [4.78, 5) is 24.6. The monoisotopic (exact) mass is 354 g/mol. The third-order valence-electron chi connectivity index (χ3n) is 3.83. The maximum absolute atomic E-state index is 12.2. The van der Waals surface area contributed by atoms with Crippen molar-refractivity contribution in [2.45, 2.75) is 20.4 Å². The number of hydrogen-bond donors (Lipinski definition) is 2. The van der Waals surface area contributed by atoms with Gasteiger partial charge in [0.2, 0.25) is 0 Å². The second-order valence-corrected chi connectivity index (χ2v) is 6.32. The highest BCUT2D eigenvalue weighted by molar-refractivity contribution is 7.14. The lowest BCUT2D eigenvalue weighted by Crippen LogP contribution is -2.16. The summed E-state index contributed by atoms with van der Waals surface area (Å²) in [6.07, 6.45) is 4.72. The Hall–Kier alpha value is -3.00. The van der Waals surface area contributed by atoms with Crippen molar-refractivity contribution in [3.63, 3.8) is 0 Å². The molecule has 0 unspecified atom stereocenters. The first kappa shape index (κ1) is 16.8. The number of nitrogens with one attached hydrogen (secondary N) is 1. The van der Waals surface area contributed by atoms with Crippen LogP contribution in [0.25, 0.3) is 11.3 Å². The van der Waals surface area contributed by atoms with E-state index < -0.39 is 5.91 Å². The number of carbonyl (C=O) groups excluding carboxylic acids is 1. The van der Waals surface area contributed by atoms with E-state index >= 15 is 0 Å². The van der Waals surface area contributed by atoms with Crippen molar-refractivity contribution in [2.24, 2.45) is 0 Å². The van der Waals surface area contributed by atoms with Crippen molar-refractivity contribution >= 4 is 28.2 Å². The molecule has 3 N–H and O–H groups in total. The number of nitrogen functional groups attached to an aromatic ring is 1. The molecule has 0 aliphatic heterocycles. The van der Waals surface area contributed by atoms with Crippen LogP contribution in [0.2, 0.25) is 0 Å². The molecule has 1 amide bonds. The smallest absolute Gasteiger partial charge is 0.279 e. The average Bonchev–Trinajstić information content (AvgIpc) is 3.15. The van der Waals surface area contributed by atoms with E-state index in [-0.39, 0.29) is 11.5 Å². The van der Waals surface area contributed by atoms with Gasteiger partial charge in [-0.15, -0.1) is 17.9 Å². The fraction of sp³-hybridized carbons (Fsp3) is 0.176. The highest BCUT2D eigenvalue weighted by atomic mass is 32.1. The summed E-state index contributed by atoms with van der Waals surface area (Å²) in [6, 6.07) is 2.08. The first-order chi connectivity index (χ1) is 12.0. The Bertz CT molecular complexity index is 943. The molecule has 3 rings (SSSR count). The lowest BCUT2D eigenvalue weighted by atomic mass is 10.2. The van der Waals surface area contributed by atoms with Crippen molar-refractivity contribution in [3.05, 3.63) is 53.6 Å². The molecule has 25 heavy (non-hydrogen) atoms. The first-order valence-corrected chi connectivity index (χ1v) is 8.50. The van der Waals surface area contributed by atoms with Gasteiger partial charge in [0.1, 0.15) is 0 Å². The van der Waals surface area contributed by atoms with Crippen molar-refractivity contribution in [1.29, 1.82) is 0 Å². The molecule has 0 fully saturated rings. The molecule has 0 aromatic carbocycles. The SMILES string of the molecule is C=CCn1c(C)cc(-c2csc(NC(=O)c3nccnc3N)n2)c1C. The van der Waals surface area contributed by atoms with Crippen LogP contribution in [0.4, 0.5) is 10.9 Å². The summed E-state index contributed by atoms with van der Waals surface area (Å²) in [6.45, 7) is 8.63. The number of nitrogens with zero attached hydrogens (tertiary/aromatic N) is 4. The molecule has 0 aliphatic carbocycles. The van der Waals surface area contributed by atoms with Gasteiger partial charge in [0.05, 0.1) is 5.69 Å². The molecular formula is C17H18N6OS. The van der Waals surface area contributed by atoms with Gasteiger partial charge >= 0.3 is 0 Å². The molecule has 0 bridgehead atoms. The summed E-state index contributed by atoms with van der Waals surface area (Å²) in [7, 11) is 0. The van der Waals surface area contributed by atoms with Gasteiger partial charge in [0.15, 0.2) is 16.6 Å². The van der Waals surface area contributed by atoms with Gasteiger partial charge in [-0.05, 0) is 19.9 Å². The number of aromatic nitrogens is 4. The van der Waals surface area contributed by atoms with E-state index in [0.717, 1.165) is 29.2 Å². The molecule has 8 heteroatoms. The normalized spacial score (nSPS) is 10.6. The zero-order chi connectivity index (χ0) is 18.0. The molecule has 3 aromatic rings. The Labute approximate surface area is 149 Å². The van der Waals surface area contributed by atoms with Crippen molar-refractivity contribution in [1.82, 2.24) is 19.5 Å².